The third-order valence-electron chi connectivity index (χ3n) is 3.09. The van der Waals surface area contributed by atoms with Crippen molar-refractivity contribution in [3.63, 3.8) is 0 Å². The van der Waals surface area contributed by atoms with E-state index in [9.17, 15) is 5.11 Å². The first-order valence-corrected chi connectivity index (χ1v) is 6.50. The van der Waals surface area contributed by atoms with Gasteiger partial charge in [-0.2, -0.15) is 11.8 Å². The molecule has 0 aromatic rings. The number of thioether (sulfide) groups is 1. The molecule has 0 aliphatic carbocycles. The van der Waals surface area contributed by atoms with Crippen molar-refractivity contribution in [1.82, 2.24) is 4.90 Å². The van der Waals surface area contributed by atoms with Gasteiger partial charge in [-0.25, -0.2) is 0 Å². The van der Waals surface area contributed by atoms with Crippen molar-refractivity contribution in [1.29, 1.82) is 0 Å². The van der Waals surface area contributed by atoms with E-state index >= 15 is 0 Å². The van der Waals surface area contributed by atoms with Crippen LogP contribution in [0.25, 0.3) is 0 Å². The fraction of sp³-hybridized carbons (Fsp3) is 1.00. The van der Waals surface area contributed by atoms with E-state index < -0.39 is 0 Å². The Labute approximate surface area is 91.0 Å². The Morgan fingerprint density at radius 2 is 2.07 bits per heavy atom. The standard InChI is InChI=1S/C10H22N2OS/c1-9(13)7-12-5-3-10(8-11,14-2)4-6-12/h9,13H,3-8,11H2,1-2H3. The molecule has 1 unspecified atom stereocenters. The van der Waals surface area contributed by atoms with Crippen molar-refractivity contribution in [2.45, 2.75) is 30.6 Å². The van der Waals surface area contributed by atoms with Gasteiger partial charge in [0.2, 0.25) is 0 Å². The molecule has 4 heteroatoms. The van der Waals surface area contributed by atoms with E-state index in [1.165, 1.54) is 0 Å². The number of aliphatic hydroxyl groups excluding tert-OH is 1. The van der Waals surface area contributed by atoms with Gasteiger partial charge in [0.15, 0.2) is 0 Å². The molecule has 0 aromatic heterocycles. The van der Waals surface area contributed by atoms with Crippen LogP contribution in [0.1, 0.15) is 19.8 Å². The minimum absolute atomic E-state index is 0.213. The maximum Gasteiger partial charge on any atom is 0.0639 e. The van der Waals surface area contributed by atoms with Crippen LogP contribution in [0.4, 0.5) is 0 Å². The van der Waals surface area contributed by atoms with E-state index in [1.54, 1.807) is 0 Å². The first-order chi connectivity index (χ1) is 6.62. The zero-order chi connectivity index (χ0) is 10.6. The molecule has 1 fully saturated rings. The molecule has 0 amide bonds. The van der Waals surface area contributed by atoms with Gasteiger partial charge in [-0.05, 0) is 39.1 Å². The van der Waals surface area contributed by atoms with Crippen molar-refractivity contribution in [3.8, 4) is 0 Å². The highest BCUT2D eigenvalue weighted by atomic mass is 32.2. The number of aliphatic hydroxyl groups is 1. The van der Waals surface area contributed by atoms with E-state index in [4.69, 9.17) is 5.73 Å². The van der Waals surface area contributed by atoms with E-state index in [1.807, 2.05) is 18.7 Å². The summed E-state index contributed by atoms with van der Waals surface area (Å²) in [5.41, 5.74) is 5.81. The SMILES string of the molecule is CSC1(CN)CCN(CC(C)O)CC1. The van der Waals surface area contributed by atoms with Crippen LogP contribution in [0, 0.1) is 0 Å². The van der Waals surface area contributed by atoms with Gasteiger partial charge in [0.25, 0.3) is 0 Å². The molecule has 3 N–H and O–H groups in total. The van der Waals surface area contributed by atoms with E-state index in [2.05, 4.69) is 11.2 Å². The molecule has 1 rings (SSSR count). The fourth-order valence-electron chi connectivity index (χ4n) is 2.01. The van der Waals surface area contributed by atoms with Gasteiger partial charge in [0, 0.05) is 17.8 Å². The molecule has 0 radical (unpaired) electrons. The minimum atomic E-state index is -0.213. The van der Waals surface area contributed by atoms with E-state index in [0.717, 1.165) is 39.0 Å². The average molecular weight is 218 g/mol. The number of rotatable bonds is 4. The molecule has 1 heterocycles. The number of piperidine rings is 1. The van der Waals surface area contributed by atoms with Crippen LogP contribution < -0.4 is 5.73 Å². The molecule has 1 aliphatic rings. The van der Waals surface area contributed by atoms with Crippen LogP contribution >= 0.6 is 11.8 Å². The van der Waals surface area contributed by atoms with Crippen molar-refractivity contribution >= 4 is 11.8 Å². The zero-order valence-electron chi connectivity index (χ0n) is 9.20. The van der Waals surface area contributed by atoms with Crippen LogP contribution in [0.3, 0.4) is 0 Å². The largest absolute Gasteiger partial charge is 0.392 e. The molecule has 1 atom stereocenters. The Balaban J connectivity index is 2.37. The fourth-order valence-corrected chi connectivity index (χ4v) is 2.77. The number of hydrogen-bond acceptors (Lipinski definition) is 4. The van der Waals surface area contributed by atoms with Crippen LogP contribution in [-0.2, 0) is 0 Å². The molecule has 0 saturated carbocycles. The summed E-state index contributed by atoms with van der Waals surface area (Å²) < 4.78 is 0.301. The first kappa shape index (κ1) is 12.3. The monoisotopic (exact) mass is 218 g/mol. The molecule has 1 saturated heterocycles. The molecule has 0 aromatic carbocycles. The summed E-state index contributed by atoms with van der Waals surface area (Å²) in [6.45, 7) is 5.57. The van der Waals surface area contributed by atoms with Crippen molar-refractivity contribution in [3.05, 3.63) is 0 Å². The first-order valence-electron chi connectivity index (χ1n) is 5.27. The summed E-state index contributed by atoms with van der Waals surface area (Å²) in [6.07, 6.45) is 4.24. The summed E-state index contributed by atoms with van der Waals surface area (Å²) in [7, 11) is 0. The molecule has 84 valence electrons. The van der Waals surface area contributed by atoms with Gasteiger partial charge >= 0.3 is 0 Å². The molecule has 14 heavy (non-hydrogen) atoms. The van der Waals surface area contributed by atoms with Gasteiger partial charge in [0.1, 0.15) is 0 Å². The highest BCUT2D eigenvalue weighted by Crippen LogP contribution is 2.33. The van der Waals surface area contributed by atoms with E-state index in [-0.39, 0.29) is 6.10 Å². The summed E-state index contributed by atoms with van der Waals surface area (Å²) in [6, 6.07) is 0. The second kappa shape index (κ2) is 5.35. The maximum absolute atomic E-state index is 9.28. The van der Waals surface area contributed by atoms with Crippen LogP contribution in [0.15, 0.2) is 0 Å². The molecule has 0 spiro atoms. The molecule has 1 aliphatic heterocycles. The van der Waals surface area contributed by atoms with Crippen molar-refractivity contribution in [2.24, 2.45) is 5.73 Å². The Bertz CT molecular complexity index is 162. The highest BCUT2D eigenvalue weighted by Gasteiger charge is 2.32. The topological polar surface area (TPSA) is 49.5 Å². The average Bonchev–Trinajstić information content (AvgIpc) is 2.19. The predicted octanol–water partition coefficient (Wildman–Crippen LogP) is 0.524. The molecular weight excluding hydrogens is 196 g/mol. The van der Waals surface area contributed by atoms with Gasteiger partial charge in [0.05, 0.1) is 6.10 Å². The van der Waals surface area contributed by atoms with Gasteiger partial charge in [-0.15, -0.1) is 0 Å². The van der Waals surface area contributed by atoms with Gasteiger partial charge in [-0.3, -0.25) is 0 Å². The third-order valence-corrected chi connectivity index (χ3v) is 4.54. The number of β-amino-alcohol motifs (C(OH)–C–C–N with tert-alkyl or cyclic N) is 1. The maximum atomic E-state index is 9.28. The van der Waals surface area contributed by atoms with Crippen LogP contribution in [0.5, 0.6) is 0 Å². The number of likely N-dealkylation sites (tertiary alicyclic amines) is 1. The summed E-state index contributed by atoms with van der Waals surface area (Å²) in [5, 5.41) is 9.28. The summed E-state index contributed by atoms with van der Waals surface area (Å²) in [4.78, 5) is 2.33. The van der Waals surface area contributed by atoms with Crippen molar-refractivity contribution < 1.29 is 5.11 Å². The lowest BCUT2D eigenvalue weighted by atomic mass is 9.95. The zero-order valence-corrected chi connectivity index (χ0v) is 10.0. The lowest BCUT2D eigenvalue weighted by Gasteiger charge is -2.40. The lowest BCUT2D eigenvalue weighted by molar-refractivity contribution is 0.106. The van der Waals surface area contributed by atoms with Gasteiger partial charge < -0.3 is 15.7 Å². The number of nitrogens with two attached hydrogens (primary N) is 1. The smallest absolute Gasteiger partial charge is 0.0639 e. The molecule has 3 nitrogen and oxygen atoms in total. The lowest BCUT2D eigenvalue weighted by Crippen LogP contribution is -2.47. The highest BCUT2D eigenvalue weighted by molar-refractivity contribution is 8.00. The predicted molar refractivity (Wildman–Crippen MR) is 62.7 cm³/mol. The normalized spacial score (nSPS) is 24.9. The Morgan fingerprint density at radius 3 is 2.43 bits per heavy atom. The number of nitrogens with zero attached hydrogens (tertiary/aromatic N) is 1. The molecular formula is C10H22N2OS. The summed E-state index contributed by atoms with van der Waals surface area (Å²) in [5.74, 6) is 0. The second-order valence-electron chi connectivity index (χ2n) is 4.24. The minimum Gasteiger partial charge on any atom is -0.392 e. The van der Waals surface area contributed by atoms with Crippen LogP contribution in [0.2, 0.25) is 0 Å². The van der Waals surface area contributed by atoms with Crippen molar-refractivity contribution in [2.75, 3.05) is 32.4 Å². The van der Waals surface area contributed by atoms with E-state index in [0.29, 0.717) is 4.75 Å². The quantitative estimate of drug-likeness (QED) is 0.722. The summed E-state index contributed by atoms with van der Waals surface area (Å²) >= 11 is 1.90. The third kappa shape index (κ3) is 3.12. The Hall–Kier alpha value is 0.230. The molecule has 0 bridgehead atoms. The van der Waals surface area contributed by atoms with Gasteiger partial charge in [-0.1, -0.05) is 0 Å². The number of hydrogen-bond donors (Lipinski definition) is 2. The second-order valence-corrected chi connectivity index (χ2v) is 5.52. The van der Waals surface area contributed by atoms with Crippen LogP contribution in [-0.4, -0.2) is 53.3 Å². The Kier molecular flexibility index (Phi) is 4.70. The Morgan fingerprint density at radius 1 is 1.50 bits per heavy atom.